The van der Waals surface area contributed by atoms with Crippen molar-refractivity contribution in [1.82, 2.24) is 24.8 Å². The first-order chi connectivity index (χ1) is 14.5. The van der Waals surface area contributed by atoms with Gasteiger partial charge in [0.15, 0.2) is 0 Å². The van der Waals surface area contributed by atoms with Crippen LogP contribution in [0, 0.1) is 6.92 Å². The van der Waals surface area contributed by atoms with E-state index in [9.17, 15) is 4.79 Å². The number of rotatable bonds is 4. The van der Waals surface area contributed by atoms with Crippen molar-refractivity contribution in [2.45, 2.75) is 6.92 Å². The van der Waals surface area contributed by atoms with Crippen LogP contribution in [0.2, 0.25) is 0 Å². The van der Waals surface area contributed by atoms with Crippen molar-refractivity contribution >= 4 is 17.7 Å². The van der Waals surface area contributed by atoms with Crippen molar-refractivity contribution in [1.29, 1.82) is 0 Å². The van der Waals surface area contributed by atoms with Gasteiger partial charge in [-0.2, -0.15) is 4.98 Å². The highest BCUT2D eigenvalue weighted by Gasteiger charge is 2.25. The van der Waals surface area contributed by atoms with E-state index in [1.807, 2.05) is 11.8 Å². The third kappa shape index (κ3) is 4.46. The fraction of sp³-hybridized carbons (Fsp3) is 0.524. The van der Waals surface area contributed by atoms with Gasteiger partial charge >= 0.3 is 0 Å². The van der Waals surface area contributed by atoms with Crippen LogP contribution >= 0.6 is 0 Å². The number of likely N-dealkylation sites (N-methyl/N-ethyl adjacent to an activating group) is 1. The van der Waals surface area contributed by atoms with Gasteiger partial charge in [0.05, 0.1) is 12.7 Å². The van der Waals surface area contributed by atoms with E-state index in [0.717, 1.165) is 43.6 Å². The Morgan fingerprint density at radius 1 is 0.967 bits per heavy atom. The highest BCUT2D eigenvalue weighted by atomic mass is 16.5. The molecule has 0 radical (unpaired) electrons. The fourth-order valence-electron chi connectivity index (χ4n) is 3.80. The molecule has 0 saturated carbocycles. The summed E-state index contributed by atoms with van der Waals surface area (Å²) in [5, 5.41) is 0. The van der Waals surface area contributed by atoms with E-state index >= 15 is 0 Å². The monoisotopic (exact) mass is 411 g/mol. The van der Waals surface area contributed by atoms with Gasteiger partial charge in [0.25, 0.3) is 5.91 Å². The van der Waals surface area contributed by atoms with E-state index in [1.165, 1.54) is 0 Å². The molecule has 0 atom stereocenters. The molecule has 1 amide bonds. The van der Waals surface area contributed by atoms with Crippen molar-refractivity contribution in [3.05, 3.63) is 35.7 Å². The molecule has 4 rings (SSSR count). The second-order valence-electron chi connectivity index (χ2n) is 7.83. The molecule has 4 heterocycles. The predicted octanol–water partition coefficient (Wildman–Crippen LogP) is 0.903. The van der Waals surface area contributed by atoms with Gasteiger partial charge < -0.3 is 24.3 Å². The third-order valence-corrected chi connectivity index (χ3v) is 5.70. The number of anilines is 2. The molecule has 2 aliphatic rings. The topological polar surface area (TPSA) is 77.9 Å². The number of hydrogen-bond acceptors (Lipinski definition) is 8. The van der Waals surface area contributed by atoms with Crippen LogP contribution in [0.3, 0.4) is 0 Å². The maximum Gasteiger partial charge on any atom is 0.255 e. The number of hydrogen-bond donors (Lipinski definition) is 0. The van der Waals surface area contributed by atoms with Gasteiger partial charge in [0, 0.05) is 76.4 Å². The Hall–Kier alpha value is -2.94. The van der Waals surface area contributed by atoms with Gasteiger partial charge in [0.1, 0.15) is 5.82 Å². The predicted molar refractivity (Wildman–Crippen MR) is 115 cm³/mol. The second kappa shape index (κ2) is 8.83. The lowest BCUT2D eigenvalue weighted by molar-refractivity contribution is 0.0745. The second-order valence-corrected chi connectivity index (χ2v) is 7.83. The lowest BCUT2D eigenvalue weighted by Gasteiger charge is -2.36. The quantitative estimate of drug-likeness (QED) is 0.735. The molecule has 0 bridgehead atoms. The lowest BCUT2D eigenvalue weighted by atomic mass is 10.2. The molecule has 0 aliphatic carbocycles. The molecular formula is C21H29N7O2. The van der Waals surface area contributed by atoms with Crippen LogP contribution in [0.5, 0.6) is 5.88 Å². The van der Waals surface area contributed by atoms with E-state index in [4.69, 9.17) is 9.72 Å². The van der Waals surface area contributed by atoms with Crippen LogP contribution < -0.4 is 14.5 Å². The Balaban J connectivity index is 1.40. The Morgan fingerprint density at radius 3 is 2.30 bits per heavy atom. The molecule has 2 aromatic rings. The number of methoxy groups -OCH3 is 1. The first-order valence-electron chi connectivity index (χ1n) is 10.4. The number of piperazine rings is 2. The highest BCUT2D eigenvalue weighted by molar-refractivity contribution is 5.94. The summed E-state index contributed by atoms with van der Waals surface area (Å²) < 4.78 is 5.06. The van der Waals surface area contributed by atoms with E-state index < -0.39 is 0 Å². The van der Waals surface area contributed by atoms with Crippen LogP contribution in [-0.4, -0.2) is 97.2 Å². The summed E-state index contributed by atoms with van der Waals surface area (Å²) in [6, 6.07) is 5.53. The van der Waals surface area contributed by atoms with Crippen molar-refractivity contribution in [3.63, 3.8) is 0 Å². The molecule has 2 aliphatic heterocycles. The Labute approximate surface area is 177 Å². The van der Waals surface area contributed by atoms with Crippen LogP contribution in [0.25, 0.3) is 0 Å². The van der Waals surface area contributed by atoms with E-state index in [1.54, 1.807) is 25.4 Å². The van der Waals surface area contributed by atoms with Crippen molar-refractivity contribution in [2.24, 2.45) is 0 Å². The lowest BCUT2D eigenvalue weighted by Crippen LogP contribution is -2.49. The number of amides is 1. The normalized spacial score (nSPS) is 17.9. The molecule has 2 saturated heterocycles. The zero-order chi connectivity index (χ0) is 21.1. The highest BCUT2D eigenvalue weighted by Crippen LogP contribution is 2.20. The number of carbonyl (C=O) groups is 1. The number of aryl methyl sites for hydroxylation is 1. The molecule has 0 spiro atoms. The summed E-state index contributed by atoms with van der Waals surface area (Å²) in [6.07, 6.45) is 1.57. The molecule has 2 fully saturated rings. The zero-order valence-corrected chi connectivity index (χ0v) is 17.9. The first-order valence-corrected chi connectivity index (χ1v) is 10.4. The van der Waals surface area contributed by atoms with Crippen molar-refractivity contribution in [3.8, 4) is 5.88 Å². The Morgan fingerprint density at radius 2 is 1.67 bits per heavy atom. The zero-order valence-electron chi connectivity index (χ0n) is 17.9. The average molecular weight is 412 g/mol. The summed E-state index contributed by atoms with van der Waals surface area (Å²) >= 11 is 0. The van der Waals surface area contributed by atoms with Crippen LogP contribution in [0.1, 0.15) is 16.1 Å². The molecular weight excluding hydrogens is 382 g/mol. The maximum atomic E-state index is 12.8. The summed E-state index contributed by atoms with van der Waals surface area (Å²) in [4.78, 5) is 35.1. The van der Waals surface area contributed by atoms with Crippen molar-refractivity contribution in [2.75, 3.05) is 76.3 Å². The number of carbonyl (C=O) groups excluding carboxylic acids is 1. The molecule has 0 N–H and O–H groups in total. The Kier molecular flexibility index (Phi) is 5.98. The van der Waals surface area contributed by atoms with Gasteiger partial charge in [-0.25, -0.2) is 9.97 Å². The minimum Gasteiger partial charge on any atom is -0.481 e. The van der Waals surface area contributed by atoms with Crippen LogP contribution in [-0.2, 0) is 0 Å². The molecule has 9 nitrogen and oxygen atoms in total. The summed E-state index contributed by atoms with van der Waals surface area (Å²) in [6.45, 7) is 8.73. The number of nitrogens with zero attached hydrogens (tertiary/aromatic N) is 7. The van der Waals surface area contributed by atoms with Gasteiger partial charge in [-0.3, -0.25) is 4.79 Å². The first kappa shape index (κ1) is 20.3. The summed E-state index contributed by atoms with van der Waals surface area (Å²) in [5.41, 5.74) is 1.55. The van der Waals surface area contributed by atoms with Crippen molar-refractivity contribution < 1.29 is 9.53 Å². The SMILES string of the molecule is COc1ccc(C(=O)N2CCN(c3nc(C)cc(N4CCN(C)CC4)n3)CC2)cn1. The molecule has 2 aromatic heterocycles. The van der Waals surface area contributed by atoms with E-state index in [-0.39, 0.29) is 5.91 Å². The smallest absolute Gasteiger partial charge is 0.255 e. The minimum absolute atomic E-state index is 0.00640. The summed E-state index contributed by atoms with van der Waals surface area (Å²) in [5.74, 6) is 2.24. The number of ether oxygens (including phenoxy) is 1. The Bertz CT molecular complexity index is 873. The standard InChI is InChI=1S/C21H29N7O2/c1-16-14-18(26-8-6-25(2)7-9-26)24-21(23-16)28-12-10-27(11-13-28)20(29)17-4-5-19(30-3)22-15-17/h4-5,14-15H,6-13H2,1-3H3. The number of aromatic nitrogens is 3. The maximum absolute atomic E-state index is 12.8. The average Bonchev–Trinajstić information content (AvgIpc) is 2.79. The molecule has 0 unspecified atom stereocenters. The van der Waals surface area contributed by atoms with Gasteiger partial charge in [-0.15, -0.1) is 0 Å². The summed E-state index contributed by atoms with van der Waals surface area (Å²) in [7, 11) is 3.71. The number of pyridine rings is 1. The van der Waals surface area contributed by atoms with E-state index in [2.05, 4.69) is 37.8 Å². The molecule has 0 aromatic carbocycles. The third-order valence-electron chi connectivity index (χ3n) is 5.70. The van der Waals surface area contributed by atoms with Gasteiger partial charge in [-0.05, 0) is 20.0 Å². The van der Waals surface area contributed by atoms with Crippen LogP contribution in [0.15, 0.2) is 24.4 Å². The molecule has 160 valence electrons. The molecule has 30 heavy (non-hydrogen) atoms. The largest absolute Gasteiger partial charge is 0.481 e. The van der Waals surface area contributed by atoms with Crippen LogP contribution in [0.4, 0.5) is 11.8 Å². The van der Waals surface area contributed by atoms with Gasteiger partial charge in [-0.1, -0.05) is 0 Å². The fourth-order valence-corrected chi connectivity index (χ4v) is 3.80. The van der Waals surface area contributed by atoms with E-state index in [0.29, 0.717) is 37.6 Å². The minimum atomic E-state index is -0.00640. The molecule has 9 heteroatoms. The van der Waals surface area contributed by atoms with Gasteiger partial charge in [0.2, 0.25) is 11.8 Å².